The van der Waals surface area contributed by atoms with Gasteiger partial charge in [0, 0.05) is 22.1 Å². The number of hydrogen-bond acceptors (Lipinski definition) is 2. The lowest BCUT2D eigenvalue weighted by Crippen LogP contribution is -2.30. The van der Waals surface area contributed by atoms with Crippen molar-refractivity contribution >= 4 is 21.8 Å². The van der Waals surface area contributed by atoms with E-state index in [9.17, 15) is 4.79 Å². The largest absolute Gasteiger partial charge is 0.326 e. The highest BCUT2D eigenvalue weighted by Gasteiger charge is 2.41. The van der Waals surface area contributed by atoms with Gasteiger partial charge in [-0.15, -0.1) is 0 Å². The van der Waals surface area contributed by atoms with E-state index in [0.29, 0.717) is 5.69 Å². The molecule has 2 heterocycles. The lowest BCUT2D eigenvalue weighted by molar-refractivity contribution is 0.0740. The molecule has 0 bridgehead atoms. The number of nitrogens with one attached hydrogen (secondary N) is 1. The van der Waals surface area contributed by atoms with Gasteiger partial charge in [-0.2, -0.15) is 5.10 Å². The van der Waals surface area contributed by atoms with E-state index in [1.54, 1.807) is 0 Å². The van der Waals surface area contributed by atoms with Crippen LogP contribution in [0.25, 0.3) is 11.3 Å². The smallest absolute Gasteiger partial charge is 0.273 e. The Balaban J connectivity index is 1.81. The maximum Gasteiger partial charge on any atom is 0.273 e. The summed E-state index contributed by atoms with van der Waals surface area (Å²) < 4.78 is 1.03. The van der Waals surface area contributed by atoms with Crippen LogP contribution in [0.15, 0.2) is 59.1 Å². The Morgan fingerprint density at radius 3 is 2.52 bits per heavy atom. The number of fused-ring (bicyclic) bond motifs is 1. The number of aromatic nitrogens is 2. The fourth-order valence-electron chi connectivity index (χ4n) is 3.77. The predicted octanol–water partition coefficient (Wildman–Crippen LogP) is 5.57. The van der Waals surface area contributed by atoms with E-state index in [4.69, 9.17) is 0 Å². The predicted molar refractivity (Wildman–Crippen MR) is 111 cm³/mol. The van der Waals surface area contributed by atoms with Gasteiger partial charge >= 0.3 is 0 Å². The summed E-state index contributed by atoms with van der Waals surface area (Å²) in [4.78, 5) is 15.1. The van der Waals surface area contributed by atoms with E-state index in [2.05, 4.69) is 45.2 Å². The molecule has 1 atom stereocenters. The second kappa shape index (κ2) is 7.69. The molecule has 1 unspecified atom stereocenters. The van der Waals surface area contributed by atoms with Crippen LogP contribution in [0.3, 0.4) is 0 Å². The Kier molecular flexibility index (Phi) is 5.12. The molecule has 138 valence electrons. The van der Waals surface area contributed by atoms with E-state index in [-0.39, 0.29) is 11.9 Å². The fraction of sp³-hybridized carbons (Fsp3) is 0.273. The van der Waals surface area contributed by atoms with Gasteiger partial charge in [0.25, 0.3) is 5.91 Å². The summed E-state index contributed by atoms with van der Waals surface area (Å²) >= 11 is 3.51. The summed E-state index contributed by atoms with van der Waals surface area (Å²) in [7, 11) is 0. The third-order valence-electron chi connectivity index (χ3n) is 5.10. The van der Waals surface area contributed by atoms with Crippen molar-refractivity contribution in [3.63, 3.8) is 0 Å². The molecule has 27 heavy (non-hydrogen) atoms. The first-order valence-electron chi connectivity index (χ1n) is 9.40. The number of H-pyrrole nitrogens is 1. The standard InChI is InChI=1S/C22H22BrN3O/c1-2-3-7-14-26-21(16-10-12-17(23)13-11-16)18-19(15-8-5-4-6-9-15)24-25-20(18)22(26)27/h4-6,8-13,21H,2-3,7,14H2,1H3,(H,24,25). The maximum absolute atomic E-state index is 13.1. The van der Waals surface area contributed by atoms with Crippen molar-refractivity contribution in [2.75, 3.05) is 6.54 Å². The van der Waals surface area contributed by atoms with Gasteiger partial charge in [-0.1, -0.05) is 78.2 Å². The van der Waals surface area contributed by atoms with Crippen LogP contribution in [-0.2, 0) is 0 Å². The first kappa shape index (κ1) is 18.0. The number of benzene rings is 2. The Bertz CT molecular complexity index is 934. The quantitative estimate of drug-likeness (QED) is 0.526. The van der Waals surface area contributed by atoms with Crippen molar-refractivity contribution in [2.45, 2.75) is 32.2 Å². The average Bonchev–Trinajstić information content (AvgIpc) is 3.23. The molecule has 0 fully saturated rings. The first-order chi connectivity index (χ1) is 13.2. The van der Waals surface area contributed by atoms with Crippen LogP contribution in [0.4, 0.5) is 0 Å². The number of unbranched alkanes of at least 4 members (excludes halogenated alkanes) is 2. The zero-order valence-corrected chi connectivity index (χ0v) is 16.9. The van der Waals surface area contributed by atoms with Crippen LogP contribution < -0.4 is 0 Å². The lowest BCUT2D eigenvalue weighted by atomic mass is 9.96. The Hall–Kier alpha value is -2.40. The summed E-state index contributed by atoms with van der Waals surface area (Å²) in [6, 6.07) is 18.2. The number of hydrogen-bond donors (Lipinski definition) is 1. The van der Waals surface area contributed by atoms with Crippen LogP contribution in [0.2, 0.25) is 0 Å². The van der Waals surface area contributed by atoms with Crippen molar-refractivity contribution in [3.8, 4) is 11.3 Å². The number of carbonyl (C=O) groups excluding carboxylic acids is 1. The molecule has 1 aliphatic rings. The van der Waals surface area contributed by atoms with Gasteiger partial charge in [0.15, 0.2) is 0 Å². The van der Waals surface area contributed by atoms with Crippen molar-refractivity contribution < 1.29 is 4.79 Å². The monoisotopic (exact) mass is 423 g/mol. The van der Waals surface area contributed by atoms with Crippen molar-refractivity contribution in [1.82, 2.24) is 15.1 Å². The van der Waals surface area contributed by atoms with Gasteiger partial charge < -0.3 is 4.90 Å². The second-order valence-electron chi connectivity index (χ2n) is 6.89. The fourth-order valence-corrected chi connectivity index (χ4v) is 4.03. The van der Waals surface area contributed by atoms with Crippen LogP contribution >= 0.6 is 15.9 Å². The molecule has 0 saturated heterocycles. The minimum absolute atomic E-state index is 0.0451. The second-order valence-corrected chi connectivity index (χ2v) is 7.80. The lowest BCUT2D eigenvalue weighted by Gasteiger charge is -2.26. The van der Waals surface area contributed by atoms with Crippen LogP contribution in [0.1, 0.15) is 53.8 Å². The molecule has 3 aromatic rings. The number of aromatic amines is 1. The number of halogens is 1. The topological polar surface area (TPSA) is 49.0 Å². The van der Waals surface area contributed by atoms with Crippen molar-refractivity contribution in [1.29, 1.82) is 0 Å². The van der Waals surface area contributed by atoms with E-state index < -0.39 is 0 Å². The van der Waals surface area contributed by atoms with Gasteiger partial charge in [0.1, 0.15) is 5.69 Å². The van der Waals surface area contributed by atoms with E-state index in [1.165, 1.54) is 0 Å². The van der Waals surface area contributed by atoms with Gasteiger partial charge in [-0.05, 0) is 24.1 Å². The molecule has 1 N–H and O–H groups in total. The van der Waals surface area contributed by atoms with Gasteiger partial charge in [-0.3, -0.25) is 9.89 Å². The molecule has 0 aliphatic carbocycles. The van der Waals surface area contributed by atoms with Crippen LogP contribution in [-0.4, -0.2) is 27.5 Å². The normalized spacial score (nSPS) is 16.0. The molecule has 5 heteroatoms. The molecular weight excluding hydrogens is 402 g/mol. The molecule has 4 rings (SSSR count). The molecule has 0 radical (unpaired) electrons. The van der Waals surface area contributed by atoms with Crippen molar-refractivity contribution in [2.24, 2.45) is 0 Å². The van der Waals surface area contributed by atoms with Crippen LogP contribution in [0, 0.1) is 0 Å². The highest BCUT2D eigenvalue weighted by Crippen LogP contribution is 2.43. The summed E-state index contributed by atoms with van der Waals surface area (Å²) in [6.45, 7) is 2.93. The number of rotatable bonds is 6. The Labute approximate surface area is 167 Å². The maximum atomic E-state index is 13.1. The molecule has 2 aromatic carbocycles. The van der Waals surface area contributed by atoms with Crippen LogP contribution in [0.5, 0.6) is 0 Å². The molecule has 0 saturated carbocycles. The molecule has 4 nitrogen and oxygen atoms in total. The zero-order chi connectivity index (χ0) is 18.8. The molecule has 1 amide bonds. The molecular formula is C22H22BrN3O. The zero-order valence-electron chi connectivity index (χ0n) is 15.3. The average molecular weight is 424 g/mol. The van der Waals surface area contributed by atoms with E-state index in [0.717, 1.165) is 52.7 Å². The minimum atomic E-state index is -0.105. The summed E-state index contributed by atoms with van der Waals surface area (Å²) in [5.74, 6) is 0.0451. The van der Waals surface area contributed by atoms with Gasteiger partial charge in [0.05, 0.1) is 11.7 Å². The molecule has 1 aromatic heterocycles. The molecule has 1 aliphatic heterocycles. The number of amides is 1. The number of carbonyl (C=O) groups is 1. The first-order valence-corrected chi connectivity index (χ1v) is 10.2. The summed E-state index contributed by atoms with van der Waals surface area (Å²) in [5.41, 5.74) is 4.62. The SMILES string of the molecule is CCCCCN1C(=O)c2[nH]nc(-c3ccccc3)c2C1c1ccc(Br)cc1. The highest BCUT2D eigenvalue weighted by atomic mass is 79.9. The van der Waals surface area contributed by atoms with Crippen molar-refractivity contribution in [3.05, 3.63) is 75.9 Å². The van der Waals surface area contributed by atoms with E-state index >= 15 is 0 Å². The number of nitrogens with zero attached hydrogens (tertiary/aromatic N) is 2. The Morgan fingerprint density at radius 2 is 1.81 bits per heavy atom. The third kappa shape index (κ3) is 3.32. The van der Waals surface area contributed by atoms with E-state index in [1.807, 2.05) is 47.4 Å². The van der Waals surface area contributed by atoms with Gasteiger partial charge in [0.2, 0.25) is 0 Å². The summed E-state index contributed by atoms with van der Waals surface area (Å²) in [6.07, 6.45) is 3.26. The third-order valence-corrected chi connectivity index (χ3v) is 5.63. The summed E-state index contributed by atoms with van der Waals surface area (Å²) in [5, 5.41) is 7.52. The minimum Gasteiger partial charge on any atom is -0.326 e. The Morgan fingerprint density at radius 1 is 1.07 bits per heavy atom. The highest BCUT2D eigenvalue weighted by molar-refractivity contribution is 9.10. The molecule has 0 spiro atoms. The van der Waals surface area contributed by atoms with Gasteiger partial charge in [-0.25, -0.2) is 0 Å².